The van der Waals surface area contributed by atoms with Gasteiger partial charge in [-0.3, -0.25) is 37.3 Å². The van der Waals surface area contributed by atoms with E-state index in [0.717, 1.165) is 186 Å². The highest BCUT2D eigenvalue weighted by Gasteiger charge is 2.30. The number of hydrogen-bond donors (Lipinski definition) is 3. The predicted molar refractivity (Wildman–Crippen MR) is 436 cm³/mol. The summed E-state index contributed by atoms with van der Waals surface area (Å²) < 4.78 is 68.7. The molecule has 0 fully saturated rings. The first-order chi connectivity index (χ1) is 51.7. The molecule has 0 aromatic rings. The van der Waals surface area contributed by atoms with Crippen LogP contribution in [0.3, 0.4) is 0 Å². The molecular formula is C87H148O17P2. The van der Waals surface area contributed by atoms with Gasteiger partial charge in [-0.1, -0.05) is 303 Å². The molecule has 0 saturated carbocycles. The summed E-state index contributed by atoms with van der Waals surface area (Å²) >= 11 is 0. The number of rotatable bonds is 77. The lowest BCUT2D eigenvalue weighted by Crippen LogP contribution is -2.30. The number of esters is 4. The molecule has 608 valence electrons. The average molecular weight is 1530 g/mol. The number of allylic oxidation sites excluding steroid dienone is 22. The molecule has 0 heterocycles. The van der Waals surface area contributed by atoms with E-state index in [0.29, 0.717) is 25.7 Å². The number of aliphatic hydroxyl groups is 1. The summed E-state index contributed by atoms with van der Waals surface area (Å²) in [5.74, 6) is -2.23. The van der Waals surface area contributed by atoms with Crippen LogP contribution in [-0.2, 0) is 65.4 Å². The van der Waals surface area contributed by atoms with Gasteiger partial charge in [0.25, 0.3) is 0 Å². The molecule has 17 nitrogen and oxygen atoms in total. The molecule has 0 aromatic heterocycles. The molecular weight excluding hydrogens is 1380 g/mol. The SMILES string of the molecule is CC/C=C\C/C=C\C/C=C\C/C=C\C/C=C\CCCCCC(=O)OCC(COP(=O)(O)OCC(O)COP(=O)(O)OCC(COC(=O)CCCCCCCC/C=C\C/C=C\C/C=C\C/C=C\CC)OC(=O)CCCCCCCCCCCCCCC)OC(=O)CCCCCCC/C=C\C/C=C\CCCCC. The van der Waals surface area contributed by atoms with E-state index in [1.807, 2.05) is 0 Å². The van der Waals surface area contributed by atoms with Crippen LogP contribution in [0.25, 0.3) is 0 Å². The van der Waals surface area contributed by atoms with E-state index in [9.17, 15) is 43.2 Å². The van der Waals surface area contributed by atoms with Crippen molar-refractivity contribution >= 4 is 39.5 Å². The fraction of sp³-hybridized carbons (Fsp3) is 0.701. The van der Waals surface area contributed by atoms with E-state index in [1.165, 1.54) is 70.6 Å². The Morgan fingerprint density at radius 1 is 0.274 bits per heavy atom. The molecule has 0 aliphatic heterocycles. The van der Waals surface area contributed by atoms with E-state index in [-0.39, 0.29) is 25.7 Å². The van der Waals surface area contributed by atoms with Gasteiger partial charge in [0.2, 0.25) is 0 Å². The highest BCUT2D eigenvalue weighted by atomic mass is 31.2. The molecule has 0 aliphatic carbocycles. The van der Waals surface area contributed by atoms with E-state index < -0.39 is 97.5 Å². The van der Waals surface area contributed by atoms with Crippen molar-refractivity contribution in [1.29, 1.82) is 0 Å². The Morgan fingerprint density at radius 3 is 0.783 bits per heavy atom. The van der Waals surface area contributed by atoms with Gasteiger partial charge in [0, 0.05) is 25.7 Å². The van der Waals surface area contributed by atoms with Crippen LogP contribution in [0.4, 0.5) is 0 Å². The number of carbonyl (C=O) groups excluding carboxylic acids is 4. The maximum atomic E-state index is 13.1. The second-order valence-electron chi connectivity index (χ2n) is 27.3. The number of phosphoric ester groups is 2. The Morgan fingerprint density at radius 2 is 0.491 bits per heavy atom. The van der Waals surface area contributed by atoms with Gasteiger partial charge in [-0.05, 0) is 141 Å². The zero-order valence-electron chi connectivity index (χ0n) is 66.6. The Bertz CT molecular complexity index is 2530. The summed E-state index contributed by atoms with van der Waals surface area (Å²) in [6.07, 6.45) is 88.4. The fourth-order valence-corrected chi connectivity index (χ4v) is 12.4. The van der Waals surface area contributed by atoms with Crippen LogP contribution in [-0.4, -0.2) is 96.7 Å². The average Bonchev–Trinajstić information content (AvgIpc) is 0.933. The van der Waals surface area contributed by atoms with Crippen molar-refractivity contribution in [3.8, 4) is 0 Å². The van der Waals surface area contributed by atoms with Gasteiger partial charge < -0.3 is 33.8 Å². The summed E-state index contributed by atoms with van der Waals surface area (Å²) in [5, 5.41) is 10.7. The lowest BCUT2D eigenvalue weighted by atomic mass is 10.0. The van der Waals surface area contributed by atoms with E-state index in [4.69, 9.17) is 37.0 Å². The van der Waals surface area contributed by atoms with Crippen molar-refractivity contribution in [3.05, 3.63) is 134 Å². The smallest absolute Gasteiger partial charge is 0.462 e. The van der Waals surface area contributed by atoms with Crippen molar-refractivity contribution < 1.29 is 80.2 Å². The van der Waals surface area contributed by atoms with Crippen LogP contribution in [0, 0.1) is 0 Å². The maximum Gasteiger partial charge on any atom is 0.472 e. The molecule has 3 N–H and O–H groups in total. The van der Waals surface area contributed by atoms with Crippen molar-refractivity contribution in [2.75, 3.05) is 39.6 Å². The minimum Gasteiger partial charge on any atom is -0.462 e. The third kappa shape index (κ3) is 77.4. The number of carbonyl (C=O) groups is 4. The maximum absolute atomic E-state index is 13.1. The Hall–Kier alpha value is -4.80. The third-order valence-electron chi connectivity index (χ3n) is 17.1. The van der Waals surface area contributed by atoms with Crippen molar-refractivity contribution in [3.63, 3.8) is 0 Å². The van der Waals surface area contributed by atoms with Gasteiger partial charge in [-0.15, -0.1) is 0 Å². The summed E-state index contributed by atoms with van der Waals surface area (Å²) in [5.41, 5.74) is 0. The lowest BCUT2D eigenvalue weighted by Gasteiger charge is -2.21. The molecule has 5 atom stereocenters. The van der Waals surface area contributed by atoms with Gasteiger partial charge in [-0.25, -0.2) is 9.13 Å². The second-order valence-corrected chi connectivity index (χ2v) is 30.2. The summed E-state index contributed by atoms with van der Waals surface area (Å²) in [6.45, 7) is 4.59. The molecule has 19 heteroatoms. The number of unbranched alkanes of at least 4 members (excludes halogenated alkanes) is 29. The minimum atomic E-state index is -4.99. The number of aliphatic hydroxyl groups excluding tert-OH is 1. The lowest BCUT2D eigenvalue weighted by molar-refractivity contribution is -0.161. The molecule has 0 aliphatic rings. The third-order valence-corrected chi connectivity index (χ3v) is 19.0. The monoisotopic (exact) mass is 1530 g/mol. The highest BCUT2D eigenvalue weighted by Crippen LogP contribution is 2.45. The zero-order valence-corrected chi connectivity index (χ0v) is 68.4. The van der Waals surface area contributed by atoms with E-state index in [1.54, 1.807) is 0 Å². The van der Waals surface area contributed by atoms with Crippen LogP contribution in [0.2, 0.25) is 0 Å². The first-order valence-electron chi connectivity index (χ1n) is 41.4. The van der Waals surface area contributed by atoms with Crippen LogP contribution < -0.4 is 0 Å². The molecule has 106 heavy (non-hydrogen) atoms. The highest BCUT2D eigenvalue weighted by molar-refractivity contribution is 7.47. The number of hydrogen-bond acceptors (Lipinski definition) is 15. The predicted octanol–water partition coefficient (Wildman–Crippen LogP) is 24.4. The summed E-state index contributed by atoms with van der Waals surface area (Å²) in [4.78, 5) is 73.1. The van der Waals surface area contributed by atoms with Gasteiger partial charge in [-0.2, -0.15) is 0 Å². The number of phosphoric acid groups is 2. The van der Waals surface area contributed by atoms with Crippen LogP contribution in [0.5, 0.6) is 0 Å². The zero-order chi connectivity index (χ0) is 77.4. The Balaban J connectivity index is 5.39. The van der Waals surface area contributed by atoms with Crippen molar-refractivity contribution in [2.24, 2.45) is 0 Å². The van der Waals surface area contributed by atoms with E-state index in [2.05, 4.69) is 161 Å². The molecule has 0 bridgehead atoms. The topological polar surface area (TPSA) is 237 Å². The first kappa shape index (κ1) is 101. The molecule has 0 amide bonds. The van der Waals surface area contributed by atoms with Crippen LogP contribution >= 0.6 is 15.6 Å². The van der Waals surface area contributed by atoms with Crippen LogP contribution in [0.15, 0.2) is 134 Å². The molecule has 5 unspecified atom stereocenters. The molecule has 0 radical (unpaired) electrons. The van der Waals surface area contributed by atoms with Gasteiger partial charge >= 0.3 is 39.5 Å². The normalized spacial score (nSPS) is 14.5. The van der Waals surface area contributed by atoms with Crippen molar-refractivity contribution in [1.82, 2.24) is 0 Å². The van der Waals surface area contributed by atoms with Gasteiger partial charge in [0.1, 0.15) is 19.3 Å². The fourth-order valence-electron chi connectivity index (χ4n) is 10.9. The largest absolute Gasteiger partial charge is 0.472 e. The first-order valence-corrected chi connectivity index (χ1v) is 44.4. The molecule has 0 aromatic carbocycles. The number of ether oxygens (including phenoxy) is 4. The minimum absolute atomic E-state index is 0.0688. The molecule has 0 spiro atoms. The summed E-state index contributed by atoms with van der Waals surface area (Å²) in [7, 11) is -9.98. The molecule has 0 rings (SSSR count). The van der Waals surface area contributed by atoms with Gasteiger partial charge in [0.05, 0.1) is 26.4 Å². The van der Waals surface area contributed by atoms with E-state index >= 15 is 0 Å². The Labute approximate surface area is 644 Å². The second kappa shape index (κ2) is 78.3. The van der Waals surface area contributed by atoms with Crippen molar-refractivity contribution in [2.45, 2.75) is 354 Å². The standard InChI is InChI=1S/C87H148O17P2/c1-5-9-13-17-21-25-29-33-36-38-40-42-45-48-51-55-59-63-67-71-84(89)97-77-82(103-86(91)73-69-65-61-57-53-47-32-28-24-20-16-12-8-4)79-101-105(93,94)99-75-81(88)76-100-106(95,96)102-80-83(104-87(92)74-70-66-62-58-54-50-44-35-31-27-23-19-15-11-7-3)78-98-85(90)72-68-64-60-56-52-49-46-43-41-39-37-34-30-26-22-18-14-10-6-2/h9-10,13-14,21-23,25-27,33-37,40-44,49,52,81-83,88H,5-8,11-12,15-20,24,28-32,38-39,45-48,50-51,53-80H2,1-4H3,(H,93,94)(H,95,96)/b13-9-,14-10-,25-21-,26-22-,27-23-,36-33-,37-34-,42-40-,43-41-,44-35-,52-49-. The quantitative estimate of drug-likeness (QED) is 0.0169. The molecule has 0 saturated heterocycles. The Kier molecular flexibility index (Phi) is 74.8. The van der Waals surface area contributed by atoms with Gasteiger partial charge in [0.15, 0.2) is 12.2 Å². The summed E-state index contributed by atoms with van der Waals surface area (Å²) in [6, 6.07) is 0. The van der Waals surface area contributed by atoms with Crippen LogP contribution in [0.1, 0.15) is 336 Å².